The van der Waals surface area contributed by atoms with Gasteiger partial charge in [-0.15, -0.1) is 0 Å². The summed E-state index contributed by atoms with van der Waals surface area (Å²) in [5, 5.41) is 0.376. The van der Waals surface area contributed by atoms with E-state index >= 15 is 0 Å². The van der Waals surface area contributed by atoms with Gasteiger partial charge in [-0.2, -0.15) is 0 Å². The maximum Gasteiger partial charge on any atom is 0.293 e. The molecule has 1 aliphatic heterocycles. The van der Waals surface area contributed by atoms with Gasteiger partial charge in [-0.1, -0.05) is 29.3 Å². The number of carbonyl (C=O) groups is 2. The lowest BCUT2D eigenvalue weighted by molar-refractivity contribution is -0.123. The van der Waals surface area contributed by atoms with Gasteiger partial charge in [0.1, 0.15) is 5.75 Å². The molecule has 2 amide bonds. The molecule has 1 aliphatic rings. The van der Waals surface area contributed by atoms with E-state index in [2.05, 4.69) is 0 Å². The average Bonchev–Trinajstić information content (AvgIpc) is 2.97. The van der Waals surface area contributed by atoms with Crippen LogP contribution in [0.25, 0.3) is 6.08 Å². The molecule has 152 valence electrons. The minimum absolute atomic E-state index is 0.0103. The summed E-state index contributed by atoms with van der Waals surface area (Å²) in [6, 6.07) is 8.35. The van der Waals surface area contributed by atoms with E-state index in [0.29, 0.717) is 38.4 Å². The Kier molecular flexibility index (Phi) is 6.62. The fourth-order valence-electron chi connectivity index (χ4n) is 2.78. The molecule has 2 aromatic carbocycles. The van der Waals surface area contributed by atoms with Gasteiger partial charge in [0.2, 0.25) is 0 Å². The molecule has 0 atom stereocenters. The van der Waals surface area contributed by atoms with Gasteiger partial charge < -0.3 is 14.2 Å². The van der Waals surface area contributed by atoms with E-state index in [1.54, 1.807) is 36.4 Å². The molecule has 0 aliphatic carbocycles. The lowest BCUT2D eigenvalue weighted by Gasteiger charge is -2.15. The Morgan fingerprint density at radius 2 is 1.55 bits per heavy atom. The number of hydrogen-bond acceptors (Lipinski definition) is 6. The Bertz CT molecular complexity index is 988. The molecule has 0 N–H and O–H groups in total. The van der Waals surface area contributed by atoms with Crippen LogP contribution in [0.2, 0.25) is 10.0 Å². The van der Waals surface area contributed by atoms with E-state index in [1.807, 2.05) is 0 Å². The number of ether oxygens (including phenoxy) is 3. The summed E-state index contributed by atoms with van der Waals surface area (Å²) in [5.74, 6) is 1.00. The highest BCUT2D eigenvalue weighted by Gasteiger charge is 2.36. The monoisotopic (exact) mass is 453 g/mol. The van der Waals surface area contributed by atoms with Crippen LogP contribution in [0.15, 0.2) is 35.2 Å². The lowest BCUT2D eigenvalue weighted by atomic mass is 10.1. The highest BCUT2D eigenvalue weighted by atomic mass is 35.5. The lowest BCUT2D eigenvalue weighted by Crippen LogP contribution is -2.27. The van der Waals surface area contributed by atoms with Crippen LogP contribution in [0, 0.1) is 0 Å². The van der Waals surface area contributed by atoms with Crippen molar-refractivity contribution in [2.45, 2.75) is 6.54 Å². The molecule has 0 saturated carbocycles. The van der Waals surface area contributed by atoms with E-state index in [4.69, 9.17) is 37.4 Å². The third-order valence-electron chi connectivity index (χ3n) is 4.27. The van der Waals surface area contributed by atoms with Crippen molar-refractivity contribution in [1.82, 2.24) is 4.90 Å². The zero-order valence-corrected chi connectivity index (χ0v) is 18.2. The molecule has 1 saturated heterocycles. The number of hydrogen-bond donors (Lipinski definition) is 0. The Labute approximate surface area is 182 Å². The van der Waals surface area contributed by atoms with E-state index in [0.717, 1.165) is 16.7 Å². The van der Waals surface area contributed by atoms with E-state index in [-0.39, 0.29) is 11.4 Å². The Morgan fingerprint density at radius 1 is 0.966 bits per heavy atom. The van der Waals surface area contributed by atoms with E-state index in [9.17, 15) is 9.59 Å². The van der Waals surface area contributed by atoms with Gasteiger partial charge in [0.15, 0.2) is 11.5 Å². The van der Waals surface area contributed by atoms with Crippen LogP contribution < -0.4 is 14.2 Å². The molecule has 2 aromatic rings. The molecule has 1 heterocycles. The van der Waals surface area contributed by atoms with Gasteiger partial charge in [-0.25, -0.2) is 0 Å². The number of halogens is 2. The molecule has 0 aromatic heterocycles. The fraction of sp³-hybridized carbons (Fsp3) is 0.200. The van der Waals surface area contributed by atoms with Crippen molar-refractivity contribution in [3.05, 3.63) is 56.4 Å². The summed E-state index contributed by atoms with van der Waals surface area (Å²) in [6.07, 6.45) is 1.58. The topological polar surface area (TPSA) is 65.1 Å². The standard InChI is InChI=1S/C20H17Cl2NO5S/c1-26-15-9-17(28-3)16(27-2)7-11(15)8-18-19(24)23(20(25)29-18)10-12-13(21)5-4-6-14(12)22/h4-9H,10H2,1-3H3/b18-8+. The maximum absolute atomic E-state index is 12.9. The number of amides is 2. The number of methoxy groups -OCH3 is 3. The first-order valence-electron chi connectivity index (χ1n) is 8.37. The first kappa shape index (κ1) is 21.4. The second-order valence-corrected chi connectivity index (χ2v) is 7.72. The summed E-state index contributed by atoms with van der Waals surface area (Å²) in [5.41, 5.74) is 1.09. The van der Waals surface area contributed by atoms with Crippen LogP contribution in [0.4, 0.5) is 4.79 Å². The molecule has 0 radical (unpaired) electrons. The van der Waals surface area contributed by atoms with Crippen LogP contribution in [0.5, 0.6) is 17.2 Å². The highest BCUT2D eigenvalue weighted by molar-refractivity contribution is 8.18. The number of imide groups is 1. The van der Waals surface area contributed by atoms with Crippen molar-refractivity contribution in [2.75, 3.05) is 21.3 Å². The van der Waals surface area contributed by atoms with Gasteiger partial charge in [-0.05, 0) is 36.0 Å². The van der Waals surface area contributed by atoms with Crippen molar-refractivity contribution < 1.29 is 23.8 Å². The quantitative estimate of drug-likeness (QED) is 0.556. The summed E-state index contributed by atoms with van der Waals surface area (Å²) < 4.78 is 15.9. The number of benzene rings is 2. The van der Waals surface area contributed by atoms with Crippen LogP contribution in [0.1, 0.15) is 11.1 Å². The molecule has 0 bridgehead atoms. The summed E-state index contributed by atoms with van der Waals surface area (Å²) in [4.78, 5) is 26.7. The van der Waals surface area contributed by atoms with E-state index in [1.165, 1.54) is 21.3 Å². The average molecular weight is 454 g/mol. The molecular formula is C20H17Cl2NO5S. The zero-order valence-electron chi connectivity index (χ0n) is 15.8. The van der Waals surface area contributed by atoms with Crippen LogP contribution >= 0.6 is 35.0 Å². The van der Waals surface area contributed by atoms with Crippen molar-refractivity contribution in [3.8, 4) is 17.2 Å². The van der Waals surface area contributed by atoms with Crippen LogP contribution in [-0.4, -0.2) is 37.4 Å². The van der Waals surface area contributed by atoms with Gasteiger partial charge in [0.05, 0.1) is 32.8 Å². The highest BCUT2D eigenvalue weighted by Crippen LogP contribution is 2.39. The maximum atomic E-state index is 12.9. The molecule has 0 unspecified atom stereocenters. The van der Waals surface area contributed by atoms with E-state index < -0.39 is 11.1 Å². The largest absolute Gasteiger partial charge is 0.496 e. The minimum atomic E-state index is -0.437. The number of carbonyl (C=O) groups excluding carboxylic acids is 2. The number of nitrogens with zero attached hydrogens (tertiary/aromatic N) is 1. The first-order chi connectivity index (χ1) is 13.9. The molecule has 6 nitrogen and oxygen atoms in total. The Morgan fingerprint density at radius 3 is 2.14 bits per heavy atom. The minimum Gasteiger partial charge on any atom is -0.496 e. The predicted octanol–water partition coefficient (Wildman–Crippen LogP) is 5.26. The molecule has 0 spiro atoms. The summed E-state index contributed by atoms with van der Waals surface area (Å²) in [7, 11) is 4.53. The summed E-state index contributed by atoms with van der Waals surface area (Å²) >= 11 is 13.2. The molecule has 9 heteroatoms. The van der Waals surface area contributed by atoms with Gasteiger partial charge in [0.25, 0.3) is 11.1 Å². The third-order valence-corrected chi connectivity index (χ3v) is 5.89. The van der Waals surface area contributed by atoms with Gasteiger partial charge in [-0.3, -0.25) is 14.5 Å². The van der Waals surface area contributed by atoms with Crippen molar-refractivity contribution in [3.63, 3.8) is 0 Å². The first-order valence-corrected chi connectivity index (χ1v) is 9.95. The van der Waals surface area contributed by atoms with Crippen molar-refractivity contribution >= 4 is 52.2 Å². The molecule has 3 rings (SSSR count). The number of thioether (sulfide) groups is 1. The van der Waals surface area contributed by atoms with Crippen LogP contribution in [-0.2, 0) is 11.3 Å². The molecular weight excluding hydrogens is 437 g/mol. The zero-order chi connectivity index (χ0) is 21.1. The third kappa shape index (κ3) is 4.32. The molecule has 29 heavy (non-hydrogen) atoms. The number of rotatable bonds is 6. The van der Waals surface area contributed by atoms with Gasteiger partial charge in [0, 0.05) is 27.2 Å². The van der Waals surface area contributed by atoms with Crippen LogP contribution in [0.3, 0.4) is 0 Å². The van der Waals surface area contributed by atoms with Gasteiger partial charge >= 0.3 is 0 Å². The second kappa shape index (κ2) is 8.98. The molecule has 1 fully saturated rings. The van der Waals surface area contributed by atoms with Crippen molar-refractivity contribution in [1.29, 1.82) is 0 Å². The fourth-order valence-corrected chi connectivity index (χ4v) is 4.13. The second-order valence-electron chi connectivity index (χ2n) is 5.92. The SMILES string of the molecule is COc1cc(OC)c(OC)cc1/C=C1/SC(=O)N(Cc2c(Cl)cccc2Cl)C1=O. The van der Waals surface area contributed by atoms with Crippen molar-refractivity contribution in [2.24, 2.45) is 0 Å². The Balaban J connectivity index is 1.94. The summed E-state index contributed by atoms with van der Waals surface area (Å²) in [6.45, 7) is -0.0103. The smallest absolute Gasteiger partial charge is 0.293 e. The predicted molar refractivity (Wildman–Crippen MR) is 114 cm³/mol. The normalized spacial score (nSPS) is 15.2. The Hall–Kier alpha value is -2.35.